The van der Waals surface area contributed by atoms with Gasteiger partial charge in [-0.25, -0.2) is 13.4 Å². The third kappa shape index (κ3) is 3.86. The molecule has 0 unspecified atom stereocenters. The second kappa shape index (κ2) is 7.84. The normalized spacial score (nSPS) is 18.5. The van der Waals surface area contributed by atoms with Gasteiger partial charge in [-0.3, -0.25) is 4.79 Å². The molecule has 2 aliphatic rings. The zero-order valence-corrected chi connectivity index (χ0v) is 18.7. The number of hydrogen-bond acceptors (Lipinski definition) is 8. The van der Waals surface area contributed by atoms with Gasteiger partial charge in [0.25, 0.3) is 15.9 Å². The lowest BCUT2D eigenvalue weighted by Gasteiger charge is -2.32. The minimum Gasteiger partial charge on any atom is -0.436 e. The van der Waals surface area contributed by atoms with Crippen molar-refractivity contribution in [2.75, 3.05) is 32.7 Å². The van der Waals surface area contributed by atoms with E-state index < -0.39 is 10.0 Å². The van der Waals surface area contributed by atoms with Crippen LogP contribution in [0.15, 0.2) is 32.9 Å². The molecule has 0 aliphatic carbocycles. The Morgan fingerprint density at radius 2 is 1.94 bits per heavy atom. The Balaban J connectivity index is 1.28. The number of aromatic nitrogens is 1. The average molecular weight is 483 g/mol. The lowest BCUT2D eigenvalue weighted by atomic mass is 10.2. The lowest BCUT2D eigenvalue weighted by Crippen LogP contribution is -2.50. The van der Waals surface area contributed by atoms with Gasteiger partial charge in [0.2, 0.25) is 0 Å². The molecule has 1 amide bonds. The number of fused-ring (bicyclic) bond motifs is 2. The highest BCUT2D eigenvalue weighted by Gasteiger charge is 2.33. The molecular weight excluding hydrogens is 464 g/mol. The summed E-state index contributed by atoms with van der Waals surface area (Å²) in [5.41, 5.74) is 0.680. The summed E-state index contributed by atoms with van der Waals surface area (Å²) in [5.74, 6) is 0.105. The van der Waals surface area contributed by atoms with Gasteiger partial charge >= 0.3 is 5.91 Å². The molecular formula is C19H19ClN4O5S2. The number of nitrogens with zero attached hydrogens (tertiary/aromatic N) is 4. The molecule has 3 aromatic rings. The van der Waals surface area contributed by atoms with Gasteiger partial charge < -0.3 is 14.5 Å². The molecule has 0 atom stereocenters. The van der Waals surface area contributed by atoms with Crippen molar-refractivity contribution >= 4 is 49.0 Å². The van der Waals surface area contributed by atoms with Gasteiger partial charge in [-0.2, -0.15) is 9.37 Å². The van der Waals surface area contributed by atoms with E-state index in [-0.39, 0.29) is 48.7 Å². The fourth-order valence-corrected chi connectivity index (χ4v) is 7.03. The van der Waals surface area contributed by atoms with Crippen LogP contribution in [0.4, 0.5) is 0 Å². The van der Waals surface area contributed by atoms with Crippen LogP contribution in [0.25, 0.3) is 10.1 Å². The van der Waals surface area contributed by atoms with Crippen molar-refractivity contribution in [3.63, 3.8) is 0 Å². The largest absolute Gasteiger partial charge is 0.436 e. The standard InChI is InChI=1S/C19H19ClN4O5S2/c20-13-2-1-12-9-17(30-16(12)10-13)31(27,28)24-7-5-22(6-8-24)19(25)18-21-14-3-4-23(26)11-15(14)29-18/h1-2,9-10,26H,3-8,11H2. The number of rotatable bonds is 3. The SMILES string of the molecule is O=C(c1nc2c(o1)CN(O)CC2)N1CCN(S(=O)(=O)c2cc3ccc(Cl)cc3s2)CC1. The Morgan fingerprint density at radius 1 is 1.16 bits per heavy atom. The highest BCUT2D eigenvalue weighted by atomic mass is 35.5. The Morgan fingerprint density at radius 3 is 2.71 bits per heavy atom. The maximum absolute atomic E-state index is 13.1. The summed E-state index contributed by atoms with van der Waals surface area (Å²) < 4.78 is 34.2. The first-order chi connectivity index (χ1) is 14.8. The zero-order chi connectivity index (χ0) is 21.8. The van der Waals surface area contributed by atoms with E-state index in [1.54, 1.807) is 29.2 Å². The number of oxazole rings is 1. The summed E-state index contributed by atoms with van der Waals surface area (Å²) in [7, 11) is -3.66. The molecule has 2 aromatic heterocycles. The molecule has 5 rings (SSSR count). The third-order valence-electron chi connectivity index (χ3n) is 5.47. The number of benzene rings is 1. The van der Waals surface area contributed by atoms with Crippen molar-refractivity contribution in [1.29, 1.82) is 0 Å². The van der Waals surface area contributed by atoms with Gasteiger partial charge in [0.1, 0.15) is 9.97 Å². The van der Waals surface area contributed by atoms with Crippen molar-refractivity contribution in [1.82, 2.24) is 19.3 Å². The number of hydroxylamine groups is 2. The van der Waals surface area contributed by atoms with E-state index in [0.717, 1.165) is 15.1 Å². The molecule has 2 aliphatic heterocycles. The predicted octanol–water partition coefficient (Wildman–Crippen LogP) is 2.44. The molecule has 9 nitrogen and oxygen atoms in total. The van der Waals surface area contributed by atoms with E-state index in [9.17, 15) is 18.4 Å². The molecule has 1 saturated heterocycles. The van der Waals surface area contributed by atoms with Gasteiger partial charge in [0.05, 0.1) is 12.2 Å². The molecule has 1 N–H and O–H groups in total. The van der Waals surface area contributed by atoms with Crippen LogP contribution in [-0.4, -0.2) is 71.5 Å². The maximum Gasteiger partial charge on any atom is 0.309 e. The number of amides is 1. The molecule has 0 radical (unpaired) electrons. The number of halogens is 1. The summed E-state index contributed by atoms with van der Waals surface area (Å²) in [6.07, 6.45) is 0.509. The Labute approximate surface area is 187 Å². The predicted molar refractivity (Wildman–Crippen MR) is 114 cm³/mol. The summed E-state index contributed by atoms with van der Waals surface area (Å²) in [5, 5.41) is 12.1. The molecule has 0 bridgehead atoms. The van der Waals surface area contributed by atoms with E-state index in [0.29, 0.717) is 29.4 Å². The molecule has 1 fully saturated rings. The highest BCUT2D eigenvalue weighted by molar-refractivity contribution is 7.91. The van der Waals surface area contributed by atoms with Gasteiger partial charge in [0.15, 0.2) is 0 Å². The number of piperazine rings is 1. The monoisotopic (exact) mass is 482 g/mol. The molecule has 0 spiro atoms. The molecule has 31 heavy (non-hydrogen) atoms. The summed E-state index contributed by atoms with van der Waals surface area (Å²) in [6, 6.07) is 6.94. The molecule has 1 aromatic carbocycles. The fraction of sp³-hybridized carbons (Fsp3) is 0.368. The van der Waals surface area contributed by atoms with Crippen LogP contribution >= 0.6 is 22.9 Å². The number of carbonyl (C=O) groups is 1. The van der Waals surface area contributed by atoms with Gasteiger partial charge in [-0.05, 0) is 23.6 Å². The maximum atomic E-state index is 13.1. The number of sulfonamides is 1. The molecule has 4 heterocycles. The number of thiophene rings is 1. The first-order valence-corrected chi connectivity index (χ1v) is 12.4. The summed E-state index contributed by atoms with van der Waals surface area (Å²) >= 11 is 7.20. The molecule has 0 saturated carbocycles. The third-order valence-corrected chi connectivity index (χ3v) is 9.15. The van der Waals surface area contributed by atoms with Crippen LogP contribution < -0.4 is 0 Å². The minimum absolute atomic E-state index is 0.0157. The van der Waals surface area contributed by atoms with Gasteiger partial charge in [-0.1, -0.05) is 17.7 Å². The van der Waals surface area contributed by atoms with Crippen molar-refractivity contribution in [2.45, 2.75) is 17.2 Å². The van der Waals surface area contributed by atoms with Crippen molar-refractivity contribution < 1.29 is 22.8 Å². The van der Waals surface area contributed by atoms with E-state index >= 15 is 0 Å². The van der Waals surface area contributed by atoms with Crippen molar-refractivity contribution in [3.8, 4) is 0 Å². The quantitative estimate of drug-likeness (QED) is 0.610. The second-order valence-corrected chi connectivity index (χ2v) is 11.2. The van der Waals surface area contributed by atoms with Gasteiger partial charge in [0, 0.05) is 48.9 Å². The van der Waals surface area contributed by atoms with Crippen LogP contribution in [0.2, 0.25) is 5.02 Å². The Bertz CT molecular complexity index is 1260. The minimum atomic E-state index is -3.66. The summed E-state index contributed by atoms with van der Waals surface area (Å²) in [4.78, 5) is 18.6. The molecule has 12 heteroatoms. The highest BCUT2D eigenvalue weighted by Crippen LogP contribution is 2.33. The number of hydrogen-bond donors (Lipinski definition) is 1. The summed E-state index contributed by atoms with van der Waals surface area (Å²) in [6.45, 7) is 1.50. The van der Waals surface area contributed by atoms with Crippen LogP contribution in [0.3, 0.4) is 0 Å². The first kappa shape index (κ1) is 20.9. The second-order valence-electron chi connectivity index (χ2n) is 7.47. The van der Waals surface area contributed by atoms with Crippen LogP contribution in [0.1, 0.15) is 22.1 Å². The van der Waals surface area contributed by atoms with E-state index in [1.165, 1.54) is 15.6 Å². The van der Waals surface area contributed by atoms with E-state index in [2.05, 4.69) is 4.98 Å². The van der Waals surface area contributed by atoms with E-state index in [4.69, 9.17) is 16.0 Å². The fourth-order valence-electron chi connectivity index (χ4n) is 3.78. The van der Waals surface area contributed by atoms with Crippen molar-refractivity contribution in [3.05, 3.63) is 46.6 Å². The zero-order valence-electron chi connectivity index (χ0n) is 16.3. The Hall–Kier alpha value is -2.02. The molecule has 164 valence electrons. The number of carbonyl (C=O) groups excluding carboxylic acids is 1. The van der Waals surface area contributed by atoms with Crippen LogP contribution in [0.5, 0.6) is 0 Å². The average Bonchev–Trinajstić information content (AvgIpc) is 3.37. The lowest BCUT2D eigenvalue weighted by molar-refractivity contribution is -0.108. The van der Waals surface area contributed by atoms with Gasteiger partial charge in [-0.15, -0.1) is 11.3 Å². The van der Waals surface area contributed by atoms with Crippen molar-refractivity contribution in [2.24, 2.45) is 0 Å². The smallest absolute Gasteiger partial charge is 0.309 e. The first-order valence-electron chi connectivity index (χ1n) is 9.72. The van der Waals surface area contributed by atoms with Crippen LogP contribution in [-0.2, 0) is 23.0 Å². The van der Waals surface area contributed by atoms with E-state index in [1.807, 2.05) is 0 Å². The topological polar surface area (TPSA) is 107 Å². The Kier molecular flexibility index (Phi) is 5.27. The van der Waals surface area contributed by atoms with Crippen LogP contribution in [0, 0.1) is 0 Å².